The van der Waals surface area contributed by atoms with E-state index in [0.29, 0.717) is 29.1 Å². The second-order valence-corrected chi connectivity index (χ2v) is 7.64. The fourth-order valence-corrected chi connectivity index (χ4v) is 3.88. The number of carbonyl (C=O) groups excluding carboxylic acids is 1. The predicted molar refractivity (Wildman–Crippen MR) is 107 cm³/mol. The summed E-state index contributed by atoms with van der Waals surface area (Å²) in [7, 11) is 0. The molecule has 0 spiro atoms. The van der Waals surface area contributed by atoms with E-state index in [1.165, 1.54) is 51.0 Å². The molecule has 28 heavy (non-hydrogen) atoms. The zero-order valence-corrected chi connectivity index (χ0v) is 16.5. The summed E-state index contributed by atoms with van der Waals surface area (Å²) < 4.78 is 11.3. The highest BCUT2D eigenvalue weighted by Gasteiger charge is 2.38. The van der Waals surface area contributed by atoms with Crippen LogP contribution in [0.5, 0.6) is 5.75 Å². The van der Waals surface area contributed by atoms with Gasteiger partial charge in [0.25, 0.3) is 0 Å². The molecule has 0 fully saturated rings. The molecule has 2 aliphatic rings. The molecule has 6 nitrogen and oxygen atoms in total. The number of ether oxygens (including phenoxy) is 1. The van der Waals surface area contributed by atoms with E-state index < -0.39 is 11.7 Å². The number of nitrogens with zero attached hydrogens (tertiary/aromatic N) is 1. The number of allylic oxidation sites excluding steroid dienone is 1. The average Bonchev–Trinajstić information content (AvgIpc) is 3.03. The van der Waals surface area contributed by atoms with E-state index in [-0.39, 0.29) is 17.9 Å². The summed E-state index contributed by atoms with van der Waals surface area (Å²) in [6.45, 7) is 2.23. The van der Waals surface area contributed by atoms with Crippen LogP contribution in [0, 0.1) is 0 Å². The molecule has 0 saturated carbocycles. The molecular weight excluding hydrogens is 358 g/mol. The van der Waals surface area contributed by atoms with Gasteiger partial charge in [0, 0.05) is 18.1 Å². The van der Waals surface area contributed by atoms with Gasteiger partial charge in [-0.1, -0.05) is 63.4 Å². The molecule has 2 heterocycles. The average molecular weight is 387 g/mol. The Morgan fingerprint density at radius 2 is 1.75 bits per heavy atom. The third-order valence-corrected chi connectivity index (χ3v) is 5.45. The molecule has 1 atom stereocenters. The van der Waals surface area contributed by atoms with Gasteiger partial charge in [-0.25, -0.2) is 4.79 Å². The van der Waals surface area contributed by atoms with Crippen molar-refractivity contribution >= 4 is 17.1 Å². The van der Waals surface area contributed by atoms with Gasteiger partial charge in [-0.2, -0.15) is 0 Å². The molecule has 0 amide bonds. The Balaban J connectivity index is 1.53. The lowest BCUT2D eigenvalue weighted by atomic mass is 9.91. The van der Waals surface area contributed by atoms with Gasteiger partial charge < -0.3 is 14.4 Å². The van der Waals surface area contributed by atoms with Crippen molar-refractivity contribution in [3.8, 4) is 5.75 Å². The van der Waals surface area contributed by atoms with Crippen molar-refractivity contribution < 1.29 is 19.2 Å². The van der Waals surface area contributed by atoms with Crippen LogP contribution in [-0.2, 0) is 11.2 Å². The quantitative estimate of drug-likeness (QED) is 0.358. The van der Waals surface area contributed by atoms with Crippen molar-refractivity contribution in [3.05, 3.63) is 33.9 Å². The van der Waals surface area contributed by atoms with Crippen molar-refractivity contribution in [2.45, 2.75) is 83.7 Å². The van der Waals surface area contributed by atoms with E-state index >= 15 is 0 Å². The molecule has 0 radical (unpaired) electrons. The molecule has 0 saturated heterocycles. The van der Waals surface area contributed by atoms with E-state index in [2.05, 4.69) is 12.1 Å². The third kappa shape index (κ3) is 4.72. The third-order valence-electron chi connectivity index (χ3n) is 5.45. The van der Waals surface area contributed by atoms with Crippen LogP contribution >= 0.6 is 0 Å². The first-order chi connectivity index (χ1) is 13.6. The molecule has 0 bridgehead atoms. The molecule has 3 rings (SSSR count). The summed E-state index contributed by atoms with van der Waals surface area (Å²) in [6, 6.07) is 1.76. The smallest absolute Gasteiger partial charge is 0.347 e. The fourth-order valence-electron chi connectivity index (χ4n) is 3.88. The van der Waals surface area contributed by atoms with Crippen LogP contribution in [0.2, 0.25) is 0 Å². The number of ketones is 1. The molecule has 1 N–H and O–H groups in total. The van der Waals surface area contributed by atoms with Crippen molar-refractivity contribution in [1.82, 2.24) is 0 Å². The Morgan fingerprint density at radius 3 is 2.43 bits per heavy atom. The van der Waals surface area contributed by atoms with Gasteiger partial charge in [0.15, 0.2) is 5.78 Å². The van der Waals surface area contributed by atoms with Crippen molar-refractivity contribution in [2.75, 3.05) is 0 Å². The number of aryl methyl sites for hydroxylation is 1. The first kappa shape index (κ1) is 20.4. The van der Waals surface area contributed by atoms with Gasteiger partial charge in [-0.15, -0.1) is 0 Å². The summed E-state index contributed by atoms with van der Waals surface area (Å²) in [5.74, 6) is 0.780. The number of Topliss-reactive ketones (excluding diaryl/α,β-unsaturated/α-hetero) is 1. The van der Waals surface area contributed by atoms with Gasteiger partial charge in [0.1, 0.15) is 28.9 Å². The highest BCUT2D eigenvalue weighted by Crippen LogP contribution is 2.39. The topological polar surface area (TPSA) is 89.1 Å². The van der Waals surface area contributed by atoms with Crippen molar-refractivity contribution in [1.29, 1.82) is 0 Å². The molecule has 152 valence electrons. The van der Waals surface area contributed by atoms with E-state index in [1.54, 1.807) is 6.07 Å². The van der Waals surface area contributed by atoms with E-state index in [4.69, 9.17) is 14.4 Å². The van der Waals surface area contributed by atoms with Gasteiger partial charge in [0.05, 0.1) is 6.42 Å². The minimum Gasteiger partial charge on any atom is -0.484 e. The van der Waals surface area contributed by atoms with Crippen LogP contribution in [0.1, 0.15) is 82.5 Å². The van der Waals surface area contributed by atoms with Crippen LogP contribution in [0.25, 0.3) is 5.57 Å². The zero-order valence-electron chi connectivity index (χ0n) is 16.5. The number of hydrogen-bond acceptors (Lipinski definition) is 6. The van der Waals surface area contributed by atoms with Crippen LogP contribution in [0.15, 0.2) is 26.5 Å². The van der Waals surface area contributed by atoms with Crippen LogP contribution in [0.4, 0.5) is 0 Å². The summed E-state index contributed by atoms with van der Waals surface area (Å²) in [5.41, 5.74) is 0.393. The van der Waals surface area contributed by atoms with Gasteiger partial charge in [-0.3, -0.25) is 4.79 Å². The maximum Gasteiger partial charge on any atom is 0.347 e. The molecule has 1 aromatic heterocycles. The van der Waals surface area contributed by atoms with Gasteiger partial charge in [-0.05, 0) is 12.5 Å². The van der Waals surface area contributed by atoms with Crippen molar-refractivity contribution in [3.63, 3.8) is 0 Å². The van der Waals surface area contributed by atoms with E-state index in [9.17, 15) is 9.59 Å². The second-order valence-electron chi connectivity index (χ2n) is 7.64. The lowest BCUT2D eigenvalue weighted by Gasteiger charge is -2.15. The molecule has 1 aliphatic heterocycles. The monoisotopic (exact) mass is 387 g/mol. The molecule has 6 heteroatoms. The number of carbonyl (C=O) groups is 1. The Kier molecular flexibility index (Phi) is 7.06. The molecule has 1 aliphatic carbocycles. The number of unbranched alkanes of at least 4 members (excludes halogenated alkanes) is 8. The fraction of sp³-hybridized carbons (Fsp3) is 0.591. The molecule has 0 aromatic carbocycles. The van der Waals surface area contributed by atoms with Gasteiger partial charge >= 0.3 is 5.63 Å². The van der Waals surface area contributed by atoms with E-state index in [1.807, 2.05) is 0 Å². The zero-order chi connectivity index (χ0) is 19.9. The highest BCUT2D eigenvalue weighted by molar-refractivity contribution is 6.46. The van der Waals surface area contributed by atoms with Crippen LogP contribution < -0.4 is 10.4 Å². The minimum atomic E-state index is -0.501. The Bertz CT molecular complexity index is 821. The van der Waals surface area contributed by atoms with E-state index in [0.717, 1.165) is 12.8 Å². The normalized spacial score (nSPS) is 19.3. The lowest BCUT2D eigenvalue weighted by molar-refractivity contribution is -0.114. The SMILES string of the molecule is CCCCCCCCCCCc1cc2c(c(=O)o1)C1=CC(=NO)C(=O)CC1O2. The second kappa shape index (κ2) is 9.71. The number of hydrogen-bond donors (Lipinski definition) is 1. The summed E-state index contributed by atoms with van der Waals surface area (Å²) in [6.07, 6.45) is 12.8. The number of oxime groups is 1. The first-order valence-corrected chi connectivity index (χ1v) is 10.4. The van der Waals surface area contributed by atoms with Crippen molar-refractivity contribution in [2.24, 2.45) is 5.16 Å². The standard InChI is InChI=1S/C22H29NO5/c1-2-3-4-5-6-7-8-9-10-11-15-12-20-21(22(25)27-15)16-13-17(23-26)18(24)14-19(16)28-20/h12-13,19,26H,2-11,14H2,1H3. The highest BCUT2D eigenvalue weighted by atomic mass is 16.5. The van der Waals surface area contributed by atoms with Crippen LogP contribution in [0.3, 0.4) is 0 Å². The summed E-state index contributed by atoms with van der Waals surface area (Å²) in [4.78, 5) is 24.3. The number of fused-ring (bicyclic) bond motifs is 3. The molecular formula is C22H29NO5. The van der Waals surface area contributed by atoms with Crippen LogP contribution in [-0.4, -0.2) is 22.8 Å². The maximum atomic E-state index is 12.4. The Morgan fingerprint density at radius 1 is 1.07 bits per heavy atom. The predicted octanol–water partition coefficient (Wildman–Crippen LogP) is 4.66. The summed E-state index contributed by atoms with van der Waals surface area (Å²) >= 11 is 0. The molecule has 1 unspecified atom stereocenters. The molecule has 1 aromatic rings. The maximum absolute atomic E-state index is 12.4. The Hall–Kier alpha value is -2.37. The minimum absolute atomic E-state index is 0.0547. The Labute approximate surface area is 165 Å². The van der Waals surface area contributed by atoms with Gasteiger partial charge in [0.2, 0.25) is 0 Å². The lowest BCUT2D eigenvalue weighted by Crippen LogP contribution is -2.28. The largest absolute Gasteiger partial charge is 0.484 e. The summed E-state index contributed by atoms with van der Waals surface area (Å²) in [5, 5.41) is 11.9. The first-order valence-electron chi connectivity index (χ1n) is 10.4. The number of rotatable bonds is 10.